The van der Waals surface area contributed by atoms with Crippen LogP contribution in [0.15, 0.2) is 0 Å². The van der Waals surface area contributed by atoms with E-state index in [1.54, 1.807) is 0 Å². The monoisotopic (exact) mass is 252 g/mol. The van der Waals surface area contributed by atoms with E-state index >= 15 is 0 Å². The van der Waals surface area contributed by atoms with Gasteiger partial charge in [-0.3, -0.25) is 0 Å². The van der Waals surface area contributed by atoms with Gasteiger partial charge in [0.2, 0.25) is 0 Å². The van der Waals surface area contributed by atoms with Gasteiger partial charge in [-0.1, -0.05) is 26.7 Å². The molecule has 0 bridgehead atoms. The molecule has 106 valence electrons. The quantitative estimate of drug-likeness (QED) is 0.827. The highest BCUT2D eigenvalue weighted by Crippen LogP contribution is 2.32. The van der Waals surface area contributed by atoms with Gasteiger partial charge in [-0.2, -0.15) is 0 Å². The molecular weight excluding hydrogens is 220 g/mol. The van der Waals surface area contributed by atoms with Gasteiger partial charge >= 0.3 is 0 Å². The molecule has 2 rings (SSSR count). The lowest BCUT2D eigenvalue weighted by Gasteiger charge is -2.39. The van der Waals surface area contributed by atoms with Crippen LogP contribution < -0.4 is 5.32 Å². The molecule has 1 aliphatic heterocycles. The van der Waals surface area contributed by atoms with E-state index in [0.717, 1.165) is 23.8 Å². The van der Waals surface area contributed by atoms with E-state index in [4.69, 9.17) is 0 Å². The SMILES string of the molecule is CC(C)C1CCCC(N(C)CC2CCNCC2)C1. The van der Waals surface area contributed by atoms with Crippen LogP contribution >= 0.6 is 0 Å². The van der Waals surface area contributed by atoms with Crippen molar-refractivity contribution in [3.05, 3.63) is 0 Å². The van der Waals surface area contributed by atoms with Crippen LogP contribution in [0.25, 0.3) is 0 Å². The smallest absolute Gasteiger partial charge is 0.00950 e. The number of rotatable bonds is 4. The van der Waals surface area contributed by atoms with E-state index in [2.05, 4.69) is 31.1 Å². The van der Waals surface area contributed by atoms with Gasteiger partial charge in [0, 0.05) is 12.6 Å². The maximum Gasteiger partial charge on any atom is 0.00950 e. The summed E-state index contributed by atoms with van der Waals surface area (Å²) in [6.07, 6.45) is 8.55. The lowest BCUT2D eigenvalue weighted by Crippen LogP contribution is -2.41. The van der Waals surface area contributed by atoms with E-state index in [-0.39, 0.29) is 0 Å². The van der Waals surface area contributed by atoms with Gasteiger partial charge in [0.25, 0.3) is 0 Å². The average Bonchev–Trinajstić information content (AvgIpc) is 2.40. The molecule has 0 aromatic heterocycles. The summed E-state index contributed by atoms with van der Waals surface area (Å²) < 4.78 is 0. The highest BCUT2D eigenvalue weighted by Gasteiger charge is 2.27. The standard InChI is InChI=1S/C16H32N2/c1-13(2)15-5-4-6-16(11-15)18(3)12-14-7-9-17-10-8-14/h13-17H,4-12H2,1-3H3. The van der Waals surface area contributed by atoms with Crippen molar-refractivity contribution in [3.63, 3.8) is 0 Å². The fourth-order valence-electron chi connectivity index (χ4n) is 3.83. The highest BCUT2D eigenvalue weighted by atomic mass is 15.1. The normalized spacial score (nSPS) is 31.2. The average molecular weight is 252 g/mol. The molecule has 0 radical (unpaired) electrons. The lowest BCUT2D eigenvalue weighted by atomic mass is 9.78. The third kappa shape index (κ3) is 3.96. The highest BCUT2D eigenvalue weighted by molar-refractivity contribution is 4.82. The molecule has 2 unspecified atom stereocenters. The van der Waals surface area contributed by atoms with Crippen LogP contribution in [-0.2, 0) is 0 Å². The van der Waals surface area contributed by atoms with Gasteiger partial charge in [0.05, 0.1) is 0 Å². The van der Waals surface area contributed by atoms with Crippen molar-refractivity contribution in [3.8, 4) is 0 Å². The molecule has 0 amide bonds. The molecule has 0 aromatic carbocycles. The number of piperidine rings is 1. The van der Waals surface area contributed by atoms with Crippen molar-refractivity contribution >= 4 is 0 Å². The predicted molar refractivity (Wildman–Crippen MR) is 78.8 cm³/mol. The summed E-state index contributed by atoms with van der Waals surface area (Å²) in [6.45, 7) is 8.60. The predicted octanol–water partition coefficient (Wildman–Crippen LogP) is 3.13. The second-order valence-corrected chi connectivity index (χ2v) is 6.96. The first kappa shape index (κ1) is 14.3. The van der Waals surface area contributed by atoms with Crippen molar-refractivity contribution in [2.45, 2.75) is 58.4 Å². The van der Waals surface area contributed by atoms with Crippen LogP contribution in [0.5, 0.6) is 0 Å². The van der Waals surface area contributed by atoms with Crippen LogP contribution in [0.1, 0.15) is 52.4 Å². The number of hydrogen-bond acceptors (Lipinski definition) is 2. The maximum absolute atomic E-state index is 3.47. The van der Waals surface area contributed by atoms with E-state index < -0.39 is 0 Å². The van der Waals surface area contributed by atoms with E-state index in [1.807, 2.05) is 0 Å². The number of nitrogens with zero attached hydrogens (tertiary/aromatic N) is 1. The van der Waals surface area contributed by atoms with Gasteiger partial charge in [-0.05, 0) is 63.6 Å². The summed E-state index contributed by atoms with van der Waals surface area (Å²) in [5, 5.41) is 3.47. The van der Waals surface area contributed by atoms with Crippen LogP contribution in [0.4, 0.5) is 0 Å². The van der Waals surface area contributed by atoms with Gasteiger partial charge < -0.3 is 10.2 Å². The zero-order valence-corrected chi connectivity index (χ0v) is 12.6. The van der Waals surface area contributed by atoms with Crippen LogP contribution in [0.3, 0.4) is 0 Å². The van der Waals surface area contributed by atoms with Crippen molar-refractivity contribution in [2.24, 2.45) is 17.8 Å². The van der Waals surface area contributed by atoms with Gasteiger partial charge in [-0.15, -0.1) is 0 Å². The Kier molecular flexibility index (Phi) is 5.50. The summed E-state index contributed by atoms with van der Waals surface area (Å²) in [4.78, 5) is 2.69. The fourth-order valence-corrected chi connectivity index (χ4v) is 3.83. The Morgan fingerprint density at radius 1 is 1.11 bits per heavy atom. The van der Waals surface area contributed by atoms with Crippen molar-refractivity contribution in [1.29, 1.82) is 0 Å². The fraction of sp³-hybridized carbons (Fsp3) is 1.00. The number of nitrogens with one attached hydrogen (secondary N) is 1. The molecule has 0 spiro atoms. The van der Waals surface area contributed by atoms with Gasteiger partial charge in [0.15, 0.2) is 0 Å². The van der Waals surface area contributed by atoms with E-state index in [1.165, 1.54) is 58.2 Å². The number of hydrogen-bond donors (Lipinski definition) is 1. The second-order valence-electron chi connectivity index (χ2n) is 6.96. The first-order chi connectivity index (χ1) is 8.66. The van der Waals surface area contributed by atoms with E-state index in [0.29, 0.717) is 0 Å². The first-order valence-electron chi connectivity index (χ1n) is 8.07. The zero-order chi connectivity index (χ0) is 13.0. The maximum atomic E-state index is 3.47. The minimum atomic E-state index is 0.862. The van der Waals surface area contributed by atoms with Crippen LogP contribution in [0.2, 0.25) is 0 Å². The summed E-state index contributed by atoms with van der Waals surface area (Å²) in [5.41, 5.74) is 0. The molecule has 0 aromatic rings. The zero-order valence-electron chi connectivity index (χ0n) is 12.6. The summed E-state index contributed by atoms with van der Waals surface area (Å²) in [6, 6.07) is 0.862. The largest absolute Gasteiger partial charge is 0.317 e. The molecule has 1 saturated carbocycles. The van der Waals surface area contributed by atoms with E-state index in [9.17, 15) is 0 Å². The Morgan fingerprint density at radius 2 is 1.83 bits per heavy atom. The Bertz CT molecular complexity index is 233. The molecule has 1 saturated heterocycles. The molecule has 2 atom stereocenters. The molecule has 2 heteroatoms. The Hall–Kier alpha value is -0.0800. The third-order valence-electron chi connectivity index (χ3n) is 5.26. The summed E-state index contributed by atoms with van der Waals surface area (Å²) >= 11 is 0. The minimum absolute atomic E-state index is 0.862. The van der Waals surface area contributed by atoms with Gasteiger partial charge in [0.1, 0.15) is 0 Å². The molecule has 2 fully saturated rings. The molecular formula is C16H32N2. The molecule has 1 N–H and O–H groups in total. The summed E-state index contributed by atoms with van der Waals surface area (Å²) in [5.74, 6) is 2.79. The molecule has 2 nitrogen and oxygen atoms in total. The summed E-state index contributed by atoms with van der Waals surface area (Å²) in [7, 11) is 2.37. The lowest BCUT2D eigenvalue weighted by molar-refractivity contribution is 0.115. The van der Waals surface area contributed by atoms with Crippen LogP contribution in [-0.4, -0.2) is 37.6 Å². The molecule has 18 heavy (non-hydrogen) atoms. The molecule has 2 aliphatic rings. The Labute approximate surface area is 114 Å². The second kappa shape index (κ2) is 6.91. The van der Waals surface area contributed by atoms with Crippen molar-refractivity contribution in [2.75, 3.05) is 26.7 Å². The molecule has 1 heterocycles. The minimum Gasteiger partial charge on any atom is -0.317 e. The third-order valence-corrected chi connectivity index (χ3v) is 5.26. The van der Waals surface area contributed by atoms with Crippen molar-refractivity contribution in [1.82, 2.24) is 10.2 Å². The Morgan fingerprint density at radius 3 is 2.50 bits per heavy atom. The topological polar surface area (TPSA) is 15.3 Å². The van der Waals surface area contributed by atoms with Crippen LogP contribution in [0, 0.1) is 17.8 Å². The molecule has 1 aliphatic carbocycles. The van der Waals surface area contributed by atoms with Gasteiger partial charge in [-0.25, -0.2) is 0 Å². The Balaban J connectivity index is 1.78. The first-order valence-corrected chi connectivity index (χ1v) is 8.07. The van der Waals surface area contributed by atoms with Crippen molar-refractivity contribution < 1.29 is 0 Å².